The van der Waals surface area contributed by atoms with Crippen LogP contribution in [0.2, 0.25) is 0 Å². The van der Waals surface area contributed by atoms with Crippen molar-refractivity contribution in [2.45, 2.75) is 65.1 Å². The zero-order chi connectivity index (χ0) is 15.4. The maximum atomic E-state index is 13.6. The van der Waals surface area contributed by atoms with Gasteiger partial charge in [0.1, 0.15) is 5.82 Å². The van der Waals surface area contributed by atoms with E-state index in [1.165, 1.54) is 31.4 Å². The van der Waals surface area contributed by atoms with E-state index in [0.717, 1.165) is 12.1 Å². The Kier molecular flexibility index (Phi) is 5.63. The number of hydrogen-bond acceptors (Lipinski definition) is 2. The predicted octanol–water partition coefficient (Wildman–Crippen LogP) is 4.34. The van der Waals surface area contributed by atoms with Crippen molar-refractivity contribution in [3.05, 3.63) is 29.6 Å². The van der Waals surface area contributed by atoms with Crippen LogP contribution in [0.3, 0.4) is 0 Å². The van der Waals surface area contributed by atoms with Crippen molar-refractivity contribution >= 4 is 5.69 Å². The molecule has 1 aromatic rings. The fourth-order valence-corrected chi connectivity index (χ4v) is 3.40. The van der Waals surface area contributed by atoms with Crippen molar-refractivity contribution in [3.8, 4) is 0 Å². The van der Waals surface area contributed by atoms with Crippen molar-refractivity contribution in [1.29, 1.82) is 0 Å². The summed E-state index contributed by atoms with van der Waals surface area (Å²) in [6.45, 7) is 7.30. The Balaban J connectivity index is 2.20. The fourth-order valence-electron chi connectivity index (χ4n) is 3.40. The van der Waals surface area contributed by atoms with Crippen LogP contribution in [0, 0.1) is 11.7 Å². The summed E-state index contributed by atoms with van der Waals surface area (Å²) in [5, 5.41) is 3.41. The van der Waals surface area contributed by atoms with Crippen molar-refractivity contribution in [3.63, 3.8) is 0 Å². The summed E-state index contributed by atoms with van der Waals surface area (Å²) in [5.41, 5.74) is 2.23. The molecule has 0 heterocycles. The van der Waals surface area contributed by atoms with Crippen molar-refractivity contribution in [2.75, 3.05) is 11.9 Å². The smallest absolute Gasteiger partial charge is 0.123 e. The predicted molar refractivity (Wildman–Crippen MR) is 88.2 cm³/mol. The van der Waals surface area contributed by atoms with Gasteiger partial charge in [-0.15, -0.1) is 0 Å². The van der Waals surface area contributed by atoms with Crippen molar-refractivity contribution < 1.29 is 4.39 Å². The highest BCUT2D eigenvalue weighted by atomic mass is 19.1. The van der Waals surface area contributed by atoms with E-state index < -0.39 is 0 Å². The Morgan fingerprint density at radius 3 is 2.67 bits per heavy atom. The van der Waals surface area contributed by atoms with E-state index in [1.54, 1.807) is 12.1 Å². The van der Waals surface area contributed by atoms with Crippen LogP contribution in [-0.4, -0.2) is 19.1 Å². The highest BCUT2D eigenvalue weighted by molar-refractivity contribution is 5.54. The maximum Gasteiger partial charge on any atom is 0.123 e. The molecule has 2 nitrogen and oxygen atoms in total. The summed E-state index contributed by atoms with van der Waals surface area (Å²) in [6.07, 6.45) is 5.19. The first-order valence-corrected chi connectivity index (χ1v) is 8.23. The number of nitrogens with zero attached hydrogens (tertiary/aromatic N) is 1. The van der Waals surface area contributed by atoms with Gasteiger partial charge in [0, 0.05) is 31.4 Å². The summed E-state index contributed by atoms with van der Waals surface area (Å²) < 4.78 is 13.6. The van der Waals surface area contributed by atoms with Gasteiger partial charge < -0.3 is 10.2 Å². The first-order chi connectivity index (χ1) is 9.99. The molecule has 1 fully saturated rings. The average molecular weight is 292 g/mol. The molecule has 2 rings (SSSR count). The molecule has 0 bridgehead atoms. The third-order valence-electron chi connectivity index (χ3n) is 4.69. The van der Waals surface area contributed by atoms with E-state index in [9.17, 15) is 4.39 Å². The Morgan fingerprint density at radius 1 is 1.29 bits per heavy atom. The molecule has 0 radical (unpaired) electrons. The van der Waals surface area contributed by atoms with Gasteiger partial charge >= 0.3 is 0 Å². The molecule has 2 unspecified atom stereocenters. The number of benzene rings is 1. The lowest BCUT2D eigenvalue weighted by molar-refractivity contribution is 0.321. The van der Waals surface area contributed by atoms with E-state index in [0.29, 0.717) is 18.0 Å². The van der Waals surface area contributed by atoms with Crippen molar-refractivity contribution in [2.24, 2.45) is 5.92 Å². The molecule has 3 heteroatoms. The number of halogens is 1. The first kappa shape index (κ1) is 16.3. The maximum absolute atomic E-state index is 13.6. The normalized spacial score (nSPS) is 22.6. The lowest BCUT2D eigenvalue weighted by Crippen LogP contribution is -2.39. The van der Waals surface area contributed by atoms with Gasteiger partial charge in [-0.05, 0) is 42.5 Å². The van der Waals surface area contributed by atoms with Crippen LogP contribution in [0.5, 0.6) is 0 Å². The van der Waals surface area contributed by atoms with Crippen LogP contribution in [0.15, 0.2) is 18.2 Å². The molecule has 0 spiro atoms. The van der Waals surface area contributed by atoms with Gasteiger partial charge in [0.2, 0.25) is 0 Å². The molecule has 1 aliphatic rings. The molecule has 0 aromatic heterocycles. The highest BCUT2D eigenvalue weighted by Gasteiger charge is 2.26. The zero-order valence-electron chi connectivity index (χ0n) is 13.8. The molecule has 0 saturated heterocycles. The lowest BCUT2D eigenvalue weighted by Gasteiger charge is -2.38. The third-order valence-corrected chi connectivity index (χ3v) is 4.69. The second kappa shape index (κ2) is 7.26. The minimum absolute atomic E-state index is 0.149. The Hall–Kier alpha value is -1.09. The minimum Gasteiger partial charge on any atom is -0.371 e. The van der Waals surface area contributed by atoms with E-state index in [-0.39, 0.29) is 5.82 Å². The largest absolute Gasteiger partial charge is 0.371 e. The monoisotopic (exact) mass is 292 g/mol. The molecule has 21 heavy (non-hydrogen) atoms. The number of hydrogen-bond donors (Lipinski definition) is 1. The molecule has 1 N–H and O–H groups in total. The van der Waals surface area contributed by atoms with Crippen LogP contribution in [-0.2, 0) is 6.54 Å². The molecule has 118 valence electrons. The SMILES string of the molecule is CC(C)NCc1cc(F)ccc1N(C)C1CCCCC1C. The second-order valence-corrected chi connectivity index (χ2v) is 6.75. The number of rotatable bonds is 5. The molecule has 1 saturated carbocycles. The van der Waals surface area contributed by atoms with Crippen LogP contribution in [0.1, 0.15) is 52.0 Å². The molecule has 2 atom stereocenters. The van der Waals surface area contributed by atoms with Gasteiger partial charge in [-0.1, -0.05) is 33.6 Å². The third kappa shape index (κ3) is 4.19. The minimum atomic E-state index is -0.149. The van der Waals surface area contributed by atoms with E-state index in [2.05, 4.69) is 38.0 Å². The van der Waals surface area contributed by atoms with Crippen LogP contribution in [0.4, 0.5) is 10.1 Å². The van der Waals surface area contributed by atoms with Gasteiger partial charge in [-0.25, -0.2) is 4.39 Å². The van der Waals surface area contributed by atoms with E-state index in [4.69, 9.17) is 0 Å². The van der Waals surface area contributed by atoms with Crippen LogP contribution >= 0.6 is 0 Å². The quantitative estimate of drug-likeness (QED) is 0.868. The molecule has 0 amide bonds. The number of anilines is 1. The Morgan fingerprint density at radius 2 is 2.00 bits per heavy atom. The van der Waals surface area contributed by atoms with Gasteiger partial charge in [0.05, 0.1) is 0 Å². The Bertz CT molecular complexity index is 459. The van der Waals surface area contributed by atoms with E-state index in [1.807, 2.05) is 6.07 Å². The van der Waals surface area contributed by atoms with Crippen molar-refractivity contribution in [1.82, 2.24) is 5.32 Å². The molecule has 1 aliphatic carbocycles. The van der Waals surface area contributed by atoms with Crippen LogP contribution < -0.4 is 10.2 Å². The molecular formula is C18H29FN2. The van der Waals surface area contributed by atoms with Gasteiger partial charge in [0.15, 0.2) is 0 Å². The first-order valence-electron chi connectivity index (χ1n) is 8.23. The summed E-state index contributed by atoms with van der Waals surface area (Å²) in [7, 11) is 2.17. The highest BCUT2D eigenvalue weighted by Crippen LogP contribution is 2.32. The topological polar surface area (TPSA) is 15.3 Å². The number of nitrogens with one attached hydrogen (secondary N) is 1. The van der Waals surface area contributed by atoms with Gasteiger partial charge in [0.25, 0.3) is 0 Å². The lowest BCUT2D eigenvalue weighted by atomic mass is 9.84. The Labute approximate surface area is 128 Å². The molecular weight excluding hydrogens is 263 g/mol. The average Bonchev–Trinajstić information content (AvgIpc) is 2.45. The molecule has 0 aliphatic heterocycles. The van der Waals surface area contributed by atoms with Gasteiger partial charge in [-0.2, -0.15) is 0 Å². The standard InChI is InChI=1S/C18H29FN2/c1-13(2)20-12-15-11-16(19)9-10-18(15)21(4)17-8-6-5-7-14(17)3/h9-11,13-14,17,20H,5-8,12H2,1-4H3. The second-order valence-electron chi connectivity index (χ2n) is 6.75. The fraction of sp³-hybridized carbons (Fsp3) is 0.667. The summed E-state index contributed by atoms with van der Waals surface area (Å²) >= 11 is 0. The summed E-state index contributed by atoms with van der Waals surface area (Å²) in [5.74, 6) is 0.559. The van der Waals surface area contributed by atoms with E-state index >= 15 is 0 Å². The summed E-state index contributed by atoms with van der Waals surface area (Å²) in [6, 6.07) is 6.17. The zero-order valence-corrected chi connectivity index (χ0v) is 13.8. The summed E-state index contributed by atoms with van der Waals surface area (Å²) in [4.78, 5) is 2.38. The van der Waals surface area contributed by atoms with Crippen LogP contribution in [0.25, 0.3) is 0 Å². The molecule has 1 aromatic carbocycles. The van der Waals surface area contributed by atoms with Gasteiger partial charge in [-0.3, -0.25) is 0 Å².